The number of carboxylic acids is 1. The van der Waals surface area contributed by atoms with E-state index in [9.17, 15) is 19.7 Å². The molecule has 0 aliphatic carbocycles. The zero-order chi connectivity index (χ0) is 17.9. The Morgan fingerprint density at radius 2 is 2.17 bits per heavy atom. The Bertz CT molecular complexity index is 658. The van der Waals surface area contributed by atoms with Crippen molar-refractivity contribution in [1.29, 1.82) is 0 Å². The summed E-state index contributed by atoms with van der Waals surface area (Å²) in [7, 11) is 0. The molecule has 1 aliphatic rings. The van der Waals surface area contributed by atoms with Crippen molar-refractivity contribution < 1.29 is 24.4 Å². The van der Waals surface area contributed by atoms with Crippen molar-refractivity contribution in [3.8, 4) is 5.75 Å². The minimum Gasteiger partial charge on any atom is -0.485 e. The predicted octanol–water partition coefficient (Wildman–Crippen LogP) is 2.32. The summed E-state index contributed by atoms with van der Waals surface area (Å²) in [6.07, 6.45) is 1.64. The number of carbonyl (C=O) groups excluding carboxylic acids is 1. The fourth-order valence-corrected chi connectivity index (χ4v) is 2.73. The van der Waals surface area contributed by atoms with Crippen molar-refractivity contribution >= 4 is 17.6 Å². The lowest BCUT2D eigenvalue weighted by Crippen LogP contribution is -2.41. The zero-order valence-electron chi connectivity index (χ0n) is 13.6. The molecule has 1 aromatic rings. The maximum Gasteiger partial charge on any atom is 0.335 e. The van der Waals surface area contributed by atoms with Gasteiger partial charge in [-0.2, -0.15) is 0 Å². The summed E-state index contributed by atoms with van der Waals surface area (Å²) >= 11 is 0. The van der Waals surface area contributed by atoms with Crippen LogP contribution in [0.2, 0.25) is 0 Å². The number of likely N-dealkylation sites (tertiary alicyclic amines) is 1. The van der Waals surface area contributed by atoms with Crippen molar-refractivity contribution in [2.45, 2.75) is 32.7 Å². The predicted molar refractivity (Wildman–Crippen MR) is 85.1 cm³/mol. The Kier molecular flexibility index (Phi) is 5.38. The van der Waals surface area contributed by atoms with Crippen LogP contribution in [0.15, 0.2) is 18.2 Å². The first-order valence-corrected chi connectivity index (χ1v) is 7.76. The lowest BCUT2D eigenvalue weighted by Gasteiger charge is -2.26. The topological polar surface area (TPSA) is 110 Å². The van der Waals surface area contributed by atoms with Crippen LogP contribution < -0.4 is 4.74 Å². The highest BCUT2D eigenvalue weighted by Gasteiger charge is 2.31. The minimum absolute atomic E-state index is 0.00819. The number of hydrogen-bond donors (Lipinski definition) is 1. The summed E-state index contributed by atoms with van der Waals surface area (Å²) in [6, 6.07) is 3.39. The summed E-state index contributed by atoms with van der Waals surface area (Å²) in [6.45, 7) is 4.46. The number of aromatic carboxylic acids is 1. The Balaban J connectivity index is 2.12. The first kappa shape index (κ1) is 17.7. The number of ether oxygens (including phenoxy) is 1. The number of nitro groups is 1. The molecule has 1 aromatic carbocycles. The van der Waals surface area contributed by atoms with Crippen LogP contribution in [0.25, 0.3) is 0 Å². The highest BCUT2D eigenvalue weighted by Crippen LogP contribution is 2.29. The van der Waals surface area contributed by atoms with Crippen LogP contribution in [0.5, 0.6) is 5.75 Å². The molecular weight excluding hydrogens is 316 g/mol. The first-order valence-electron chi connectivity index (χ1n) is 7.76. The van der Waals surface area contributed by atoms with Gasteiger partial charge in [0.05, 0.1) is 16.5 Å². The van der Waals surface area contributed by atoms with Gasteiger partial charge in [0.25, 0.3) is 0 Å². The third-order valence-electron chi connectivity index (χ3n) is 3.99. The molecule has 1 fully saturated rings. The standard InChI is InChI=1S/C16H20N2O6/c1-10(2)15(19)17-7-3-4-12(17)9-24-14-6-5-11(16(20)21)8-13(14)18(22)23/h5-6,8,10,12H,3-4,7,9H2,1-2H3,(H,20,21)/t12-/m0/s1. The quantitative estimate of drug-likeness (QED) is 0.630. The SMILES string of the molecule is CC(C)C(=O)N1CCC[C@H]1COc1ccc(C(=O)O)cc1[N+](=O)[O-]. The van der Waals surface area contributed by atoms with Crippen molar-refractivity contribution in [2.24, 2.45) is 5.92 Å². The fourth-order valence-electron chi connectivity index (χ4n) is 2.73. The molecule has 1 atom stereocenters. The Hall–Kier alpha value is -2.64. The molecule has 1 saturated heterocycles. The largest absolute Gasteiger partial charge is 0.485 e. The van der Waals surface area contributed by atoms with Crippen molar-refractivity contribution in [2.75, 3.05) is 13.2 Å². The van der Waals surface area contributed by atoms with Gasteiger partial charge in [-0.3, -0.25) is 14.9 Å². The van der Waals surface area contributed by atoms with Crippen molar-refractivity contribution in [3.05, 3.63) is 33.9 Å². The van der Waals surface area contributed by atoms with Gasteiger partial charge in [-0.25, -0.2) is 4.79 Å². The van der Waals surface area contributed by atoms with Gasteiger partial charge in [-0.05, 0) is 25.0 Å². The van der Waals surface area contributed by atoms with E-state index in [0.717, 1.165) is 18.9 Å². The maximum absolute atomic E-state index is 12.2. The normalized spacial score (nSPS) is 17.1. The van der Waals surface area contributed by atoms with E-state index in [1.165, 1.54) is 12.1 Å². The molecule has 0 spiro atoms. The number of amides is 1. The van der Waals surface area contributed by atoms with Gasteiger partial charge in [-0.15, -0.1) is 0 Å². The van der Waals surface area contributed by atoms with Crippen LogP contribution in [-0.2, 0) is 4.79 Å². The van der Waals surface area contributed by atoms with Gasteiger partial charge in [-0.1, -0.05) is 13.8 Å². The number of rotatable bonds is 6. The molecule has 0 saturated carbocycles. The van der Waals surface area contributed by atoms with Gasteiger partial charge in [0.1, 0.15) is 6.61 Å². The third kappa shape index (κ3) is 3.81. The van der Waals surface area contributed by atoms with E-state index in [1.807, 2.05) is 13.8 Å². The number of carbonyl (C=O) groups is 2. The molecule has 130 valence electrons. The molecule has 0 bridgehead atoms. The van der Waals surface area contributed by atoms with Crippen LogP contribution in [0.4, 0.5) is 5.69 Å². The number of nitro benzene ring substituents is 1. The smallest absolute Gasteiger partial charge is 0.335 e. The molecule has 0 unspecified atom stereocenters. The summed E-state index contributed by atoms with van der Waals surface area (Å²) in [5.74, 6) is -1.31. The second-order valence-electron chi connectivity index (χ2n) is 6.04. The third-order valence-corrected chi connectivity index (χ3v) is 3.99. The number of hydrogen-bond acceptors (Lipinski definition) is 5. The second-order valence-corrected chi connectivity index (χ2v) is 6.04. The molecule has 0 aromatic heterocycles. The first-order chi connectivity index (χ1) is 11.3. The molecule has 1 N–H and O–H groups in total. The molecule has 1 aliphatic heterocycles. The second kappa shape index (κ2) is 7.29. The van der Waals surface area contributed by atoms with Crippen LogP contribution in [0, 0.1) is 16.0 Å². The fraction of sp³-hybridized carbons (Fsp3) is 0.500. The van der Waals surface area contributed by atoms with E-state index in [0.29, 0.717) is 6.54 Å². The lowest BCUT2D eigenvalue weighted by molar-refractivity contribution is -0.385. The number of nitrogens with zero attached hydrogens (tertiary/aromatic N) is 2. The molecular formula is C16H20N2O6. The molecule has 8 heteroatoms. The van der Waals surface area contributed by atoms with Gasteiger partial charge < -0.3 is 14.7 Å². The minimum atomic E-state index is -1.24. The van der Waals surface area contributed by atoms with E-state index in [1.54, 1.807) is 4.90 Å². The highest BCUT2D eigenvalue weighted by molar-refractivity contribution is 5.88. The van der Waals surface area contributed by atoms with Crippen LogP contribution in [0.1, 0.15) is 37.0 Å². The summed E-state index contributed by atoms with van der Waals surface area (Å²) in [5.41, 5.74) is -0.568. The van der Waals surface area contributed by atoms with Crippen LogP contribution in [0.3, 0.4) is 0 Å². The lowest BCUT2D eigenvalue weighted by atomic mass is 10.1. The van der Waals surface area contributed by atoms with E-state index < -0.39 is 16.6 Å². The van der Waals surface area contributed by atoms with Crippen LogP contribution >= 0.6 is 0 Å². The maximum atomic E-state index is 12.2. The molecule has 24 heavy (non-hydrogen) atoms. The van der Waals surface area contributed by atoms with Gasteiger partial charge in [0.15, 0.2) is 5.75 Å². The summed E-state index contributed by atoms with van der Waals surface area (Å²) < 4.78 is 5.55. The summed E-state index contributed by atoms with van der Waals surface area (Å²) in [4.78, 5) is 35.3. The zero-order valence-corrected chi connectivity index (χ0v) is 13.6. The monoisotopic (exact) mass is 336 g/mol. The van der Waals surface area contributed by atoms with E-state index in [4.69, 9.17) is 9.84 Å². The van der Waals surface area contributed by atoms with Gasteiger partial charge >= 0.3 is 11.7 Å². The average molecular weight is 336 g/mol. The molecule has 8 nitrogen and oxygen atoms in total. The molecule has 0 radical (unpaired) electrons. The Morgan fingerprint density at radius 3 is 2.75 bits per heavy atom. The van der Waals surface area contributed by atoms with Crippen molar-refractivity contribution in [3.63, 3.8) is 0 Å². The van der Waals surface area contributed by atoms with Gasteiger partial charge in [0.2, 0.25) is 5.91 Å². The molecule has 2 rings (SSSR count). The Labute approximate surface area is 139 Å². The molecule has 1 amide bonds. The Morgan fingerprint density at radius 1 is 1.46 bits per heavy atom. The van der Waals surface area contributed by atoms with E-state index in [2.05, 4.69) is 0 Å². The highest BCUT2D eigenvalue weighted by atomic mass is 16.6. The number of carboxylic acid groups (broad SMARTS) is 1. The van der Waals surface area contributed by atoms with E-state index >= 15 is 0 Å². The van der Waals surface area contributed by atoms with Crippen LogP contribution in [-0.4, -0.2) is 46.0 Å². The average Bonchev–Trinajstić information content (AvgIpc) is 2.99. The van der Waals surface area contributed by atoms with E-state index in [-0.39, 0.29) is 35.8 Å². The molecule has 1 heterocycles. The van der Waals surface area contributed by atoms with Gasteiger partial charge in [0, 0.05) is 18.5 Å². The summed E-state index contributed by atoms with van der Waals surface area (Å²) in [5, 5.41) is 20.0. The number of benzene rings is 1. The van der Waals surface area contributed by atoms with Crippen molar-refractivity contribution in [1.82, 2.24) is 4.90 Å².